The van der Waals surface area contributed by atoms with E-state index in [1.54, 1.807) is 0 Å². The van der Waals surface area contributed by atoms with Crippen molar-refractivity contribution in [1.82, 2.24) is 9.97 Å². The lowest BCUT2D eigenvalue weighted by Gasteiger charge is -2.77. The van der Waals surface area contributed by atoms with Crippen molar-refractivity contribution in [1.29, 1.82) is 0 Å². The number of rotatable bonds is 5. The van der Waals surface area contributed by atoms with Gasteiger partial charge in [0, 0.05) is 17.2 Å². The maximum absolute atomic E-state index is 12.0. The molecule has 2 rings (SSSR count). The fourth-order valence-electron chi connectivity index (χ4n) is 3.94. The van der Waals surface area contributed by atoms with Gasteiger partial charge < -0.3 is 21.5 Å². The molecule has 3 atom stereocenters. The lowest BCUT2D eigenvalue weighted by atomic mass is 9.07. The smallest absolute Gasteiger partial charge is 0.254 e. The minimum atomic E-state index is -2.74. The normalized spacial score (nSPS) is 30.4. The molecule has 1 fully saturated rings. The van der Waals surface area contributed by atoms with Crippen LogP contribution in [0.2, 0.25) is 21.4 Å². The summed E-state index contributed by atoms with van der Waals surface area (Å²) in [6.07, 6.45) is 1.12. The van der Waals surface area contributed by atoms with E-state index < -0.39 is 49.7 Å². The van der Waals surface area contributed by atoms with Gasteiger partial charge in [-0.25, -0.2) is 4.98 Å². The first kappa shape index (κ1) is 28.0. The monoisotopic (exact) mass is 421 g/mol. The third kappa shape index (κ3) is 4.21. The molecule has 0 spiro atoms. The highest BCUT2D eigenvalue weighted by molar-refractivity contribution is 6.62. The Kier molecular flexibility index (Phi) is 6.93. The minimum absolute atomic E-state index is 0.0605. The lowest BCUT2D eigenvalue weighted by molar-refractivity contribution is -0.00586. The molecule has 20 radical (unpaired) electrons. The van der Waals surface area contributed by atoms with Crippen molar-refractivity contribution in [2.75, 3.05) is 10.6 Å². The molecule has 148 valence electrons. The van der Waals surface area contributed by atoms with E-state index in [2.05, 4.69) is 20.6 Å². The number of aliphatic hydroxyl groups is 1. The Labute approximate surface area is 208 Å². The zero-order valence-electron chi connectivity index (χ0n) is 18.8. The molecule has 33 heavy (non-hydrogen) atoms. The number of hydrogen-bond acceptors (Lipinski definition) is 6. The van der Waals surface area contributed by atoms with Gasteiger partial charge in [-0.05, 0) is 32.1 Å². The Balaban J connectivity index is 2.77. The molecule has 5 N–H and O–H groups in total. The summed E-state index contributed by atoms with van der Waals surface area (Å²) in [5.41, 5.74) is -2.03. The van der Waals surface area contributed by atoms with Crippen molar-refractivity contribution in [3.05, 3.63) is 11.8 Å². The number of primary amides is 1. The van der Waals surface area contributed by atoms with E-state index in [4.69, 9.17) is 84.2 Å². The first-order valence-corrected chi connectivity index (χ1v) is 9.82. The molecular weight excluding hydrogens is 402 g/mol. The first-order valence-electron chi connectivity index (χ1n) is 9.82. The highest BCUT2D eigenvalue weighted by Crippen LogP contribution is 2.71. The second kappa shape index (κ2) is 8.17. The van der Waals surface area contributed by atoms with E-state index in [0.717, 1.165) is 6.20 Å². The van der Waals surface area contributed by atoms with Gasteiger partial charge in [-0.2, -0.15) is 4.98 Å². The molecule has 1 aromatic rings. The molecule has 1 saturated carbocycles. The standard InChI is InChI=1S/C16H17B10N5O2/c1-11(2,3)31-10-28-4-5(8(27)32)9(29-10)30-16(26)14(22,23)12(19,20)6(7(17)18)13(21,33)15(16,24)25/h4,6-7,33H,1-3H3,(H2,27,32)(H2,28,29,30,31). The van der Waals surface area contributed by atoms with Gasteiger partial charge in [0.15, 0.2) is 0 Å². The molecule has 1 aliphatic rings. The summed E-state index contributed by atoms with van der Waals surface area (Å²) in [5.74, 6) is -2.83. The van der Waals surface area contributed by atoms with E-state index in [1.165, 1.54) is 0 Å². The second-order valence-electron chi connectivity index (χ2n) is 9.68. The van der Waals surface area contributed by atoms with Gasteiger partial charge in [0.1, 0.15) is 21.5 Å². The van der Waals surface area contributed by atoms with Crippen LogP contribution in [-0.2, 0) is 0 Å². The highest BCUT2D eigenvalue weighted by atomic mass is 16.3. The van der Waals surface area contributed by atoms with Crippen LogP contribution < -0.4 is 16.4 Å². The van der Waals surface area contributed by atoms with Crippen molar-refractivity contribution in [2.24, 2.45) is 11.7 Å². The third-order valence-electron chi connectivity index (χ3n) is 5.91. The second-order valence-corrected chi connectivity index (χ2v) is 9.68. The molecule has 1 aromatic heterocycles. The zero-order chi connectivity index (χ0) is 26.0. The summed E-state index contributed by atoms with van der Waals surface area (Å²) in [6.45, 7) is 5.53. The van der Waals surface area contributed by atoms with Gasteiger partial charge in [0.25, 0.3) is 5.91 Å². The third-order valence-corrected chi connectivity index (χ3v) is 5.91. The predicted octanol–water partition coefficient (Wildman–Crippen LogP) is -3.01. The number of amides is 1. The van der Waals surface area contributed by atoms with E-state index in [9.17, 15) is 9.90 Å². The predicted molar refractivity (Wildman–Crippen MR) is 138 cm³/mol. The summed E-state index contributed by atoms with van der Waals surface area (Å²) in [4.78, 5) is 20.3. The lowest BCUT2D eigenvalue weighted by Crippen LogP contribution is -2.78. The summed E-state index contributed by atoms with van der Waals surface area (Å²) >= 11 is 0. The van der Waals surface area contributed by atoms with Gasteiger partial charge in [0.05, 0.1) is 68.3 Å². The Hall–Kier alpha value is -1.24. The molecule has 0 saturated heterocycles. The maximum atomic E-state index is 12.0. The maximum Gasteiger partial charge on any atom is 0.254 e. The van der Waals surface area contributed by atoms with Crippen LogP contribution in [-0.4, -0.2) is 116 Å². The first-order chi connectivity index (χ1) is 14.5. The number of carbonyl (C=O) groups is 1. The Morgan fingerprint density at radius 3 is 2.03 bits per heavy atom. The van der Waals surface area contributed by atoms with Crippen molar-refractivity contribution in [3.63, 3.8) is 0 Å². The fraction of sp³-hybridized carbons (Fsp3) is 0.688. The van der Waals surface area contributed by atoms with Crippen LogP contribution in [0, 0.1) is 5.92 Å². The fourth-order valence-corrected chi connectivity index (χ4v) is 3.94. The van der Waals surface area contributed by atoms with Crippen molar-refractivity contribution >= 4 is 96.1 Å². The molecule has 1 heterocycles. The summed E-state index contributed by atoms with van der Waals surface area (Å²) in [7, 11) is 61.5. The van der Waals surface area contributed by atoms with Crippen LogP contribution in [0.4, 0.5) is 11.8 Å². The zero-order valence-corrected chi connectivity index (χ0v) is 18.8. The summed E-state index contributed by atoms with van der Waals surface area (Å²) in [5, 5.41) is 9.27. The van der Waals surface area contributed by atoms with Crippen LogP contribution in [0.1, 0.15) is 31.1 Å². The Morgan fingerprint density at radius 2 is 1.61 bits per heavy atom. The number of aromatic nitrogens is 2. The van der Waals surface area contributed by atoms with Crippen LogP contribution in [0.3, 0.4) is 0 Å². The van der Waals surface area contributed by atoms with Gasteiger partial charge in [0.2, 0.25) is 5.95 Å². The van der Waals surface area contributed by atoms with Gasteiger partial charge in [-0.3, -0.25) is 4.79 Å². The molecule has 7 nitrogen and oxygen atoms in total. The van der Waals surface area contributed by atoms with E-state index in [1.807, 2.05) is 20.8 Å². The SMILES string of the molecule is [B]C([B])C1C([B])([B])C([B])([B])C([B])(Nc2nc(NC(C)(C)C)ncc2C(N)=O)C([B])([B])C1([B])O. The highest BCUT2D eigenvalue weighted by Gasteiger charge is 2.68. The molecule has 1 aliphatic carbocycles. The van der Waals surface area contributed by atoms with E-state index in [0.29, 0.717) is 0 Å². The van der Waals surface area contributed by atoms with Gasteiger partial charge in [-0.1, -0.05) is 10.4 Å². The van der Waals surface area contributed by atoms with Gasteiger partial charge >= 0.3 is 0 Å². The van der Waals surface area contributed by atoms with Crippen molar-refractivity contribution in [2.45, 2.75) is 58.6 Å². The number of hydrogen-bond donors (Lipinski definition) is 4. The molecule has 1 amide bonds. The average molecular weight is 419 g/mol. The van der Waals surface area contributed by atoms with E-state index >= 15 is 0 Å². The molecule has 0 bridgehead atoms. The molecule has 17 heteroatoms. The number of carbonyl (C=O) groups excluding carboxylic acids is 1. The Bertz CT molecular complexity index is 907. The number of nitrogens with zero attached hydrogens (tertiary/aromatic N) is 2. The van der Waals surface area contributed by atoms with Crippen LogP contribution in [0.5, 0.6) is 0 Å². The summed E-state index contributed by atoms with van der Waals surface area (Å²) < 4.78 is 0. The van der Waals surface area contributed by atoms with Crippen LogP contribution >= 0.6 is 0 Å². The van der Waals surface area contributed by atoms with Crippen LogP contribution in [0.15, 0.2) is 6.20 Å². The summed E-state index contributed by atoms with van der Waals surface area (Å²) in [6, 6.07) is 0. The van der Waals surface area contributed by atoms with Crippen molar-refractivity contribution in [3.8, 4) is 0 Å². The number of nitrogens with two attached hydrogens (primary N) is 1. The largest absolute Gasteiger partial charge is 0.400 e. The molecule has 0 aromatic carbocycles. The average Bonchev–Trinajstić information content (AvgIpc) is 2.57. The minimum Gasteiger partial charge on any atom is -0.400 e. The van der Waals surface area contributed by atoms with Crippen molar-refractivity contribution < 1.29 is 9.90 Å². The van der Waals surface area contributed by atoms with E-state index in [-0.39, 0.29) is 17.3 Å². The molecular formula is C16H17B10N5O2. The number of anilines is 2. The van der Waals surface area contributed by atoms with Crippen LogP contribution in [0.25, 0.3) is 0 Å². The Morgan fingerprint density at radius 1 is 1.09 bits per heavy atom. The quantitative estimate of drug-likeness (QED) is 0.378. The molecule has 0 aliphatic heterocycles. The topological polar surface area (TPSA) is 113 Å². The molecule has 3 unspecified atom stereocenters. The number of nitrogens with one attached hydrogen (secondary N) is 2. The van der Waals surface area contributed by atoms with Gasteiger partial charge in [-0.15, -0.1) is 10.9 Å².